The number of allylic oxidation sites excluding steroid dienone is 1. The van der Waals surface area contributed by atoms with Gasteiger partial charge in [-0.15, -0.1) is 0 Å². The fourth-order valence-electron chi connectivity index (χ4n) is 0.779. The molecule has 0 spiro atoms. The van der Waals surface area contributed by atoms with Gasteiger partial charge in [-0.25, -0.2) is 4.79 Å². The van der Waals surface area contributed by atoms with Crippen molar-refractivity contribution in [3.05, 3.63) is 11.6 Å². The molecule has 3 nitrogen and oxygen atoms in total. The van der Waals surface area contributed by atoms with Crippen LogP contribution in [0.15, 0.2) is 11.6 Å². The van der Waals surface area contributed by atoms with Crippen molar-refractivity contribution in [1.29, 1.82) is 0 Å². The second-order valence-electron chi connectivity index (χ2n) is 2.62. The lowest BCUT2D eigenvalue weighted by Crippen LogP contribution is -2.15. The van der Waals surface area contributed by atoms with E-state index in [1.807, 2.05) is 6.08 Å². The van der Waals surface area contributed by atoms with Crippen LogP contribution < -0.4 is 5.48 Å². The fourth-order valence-corrected chi connectivity index (χ4v) is 0.779. The Bertz CT molecular complexity index is 164. The van der Waals surface area contributed by atoms with Crippen LogP contribution >= 0.6 is 0 Å². The van der Waals surface area contributed by atoms with Crippen molar-refractivity contribution in [2.75, 3.05) is 7.05 Å². The molecule has 0 amide bonds. The second-order valence-corrected chi connectivity index (χ2v) is 2.62. The summed E-state index contributed by atoms with van der Waals surface area (Å²) in [5, 5.41) is 0. The summed E-state index contributed by atoms with van der Waals surface area (Å²) < 4.78 is 0. The van der Waals surface area contributed by atoms with Gasteiger partial charge in [0.05, 0.1) is 0 Å². The molecular formula is C9H17NO2. The van der Waals surface area contributed by atoms with Crippen molar-refractivity contribution >= 4 is 5.97 Å². The highest BCUT2D eigenvalue weighted by atomic mass is 16.7. The summed E-state index contributed by atoms with van der Waals surface area (Å²) in [6, 6.07) is 0. The molecule has 70 valence electrons. The van der Waals surface area contributed by atoms with E-state index < -0.39 is 0 Å². The van der Waals surface area contributed by atoms with Gasteiger partial charge >= 0.3 is 5.97 Å². The first-order chi connectivity index (χ1) is 5.72. The minimum atomic E-state index is -0.298. The third-order valence-corrected chi connectivity index (χ3v) is 1.52. The Morgan fingerprint density at radius 2 is 2.25 bits per heavy atom. The quantitative estimate of drug-likeness (QED) is 0.389. The van der Waals surface area contributed by atoms with E-state index in [0.29, 0.717) is 5.57 Å². The summed E-state index contributed by atoms with van der Waals surface area (Å²) in [6.45, 7) is 3.88. The lowest BCUT2D eigenvalue weighted by molar-refractivity contribution is -0.145. The predicted molar refractivity (Wildman–Crippen MR) is 48.4 cm³/mol. The predicted octanol–water partition coefficient (Wildman–Crippen LogP) is 1.80. The van der Waals surface area contributed by atoms with E-state index in [0.717, 1.165) is 19.3 Å². The summed E-state index contributed by atoms with van der Waals surface area (Å²) in [6.07, 6.45) is 5.11. The first-order valence-corrected chi connectivity index (χ1v) is 4.27. The molecule has 0 fully saturated rings. The Morgan fingerprint density at radius 1 is 1.58 bits per heavy atom. The van der Waals surface area contributed by atoms with Gasteiger partial charge < -0.3 is 4.84 Å². The molecule has 0 aliphatic carbocycles. The van der Waals surface area contributed by atoms with Crippen molar-refractivity contribution in [2.45, 2.75) is 33.1 Å². The molecule has 0 aliphatic heterocycles. The molecule has 0 heterocycles. The number of hydroxylamine groups is 1. The molecular weight excluding hydrogens is 154 g/mol. The fraction of sp³-hybridized carbons (Fsp3) is 0.667. The van der Waals surface area contributed by atoms with E-state index in [-0.39, 0.29) is 5.97 Å². The van der Waals surface area contributed by atoms with Crippen molar-refractivity contribution in [1.82, 2.24) is 5.48 Å². The van der Waals surface area contributed by atoms with Gasteiger partial charge in [-0.3, -0.25) is 0 Å². The Morgan fingerprint density at radius 3 is 2.75 bits per heavy atom. The number of hydrogen-bond acceptors (Lipinski definition) is 3. The summed E-state index contributed by atoms with van der Waals surface area (Å²) in [4.78, 5) is 15.6. The SMILES string of the molecule is CCCCC=C(C)C(=O)ONC. The largest absolute Gasteiger partial charge is 0.367 e. The van der Waals surface area contributed by atoms with E-state index in [1.165, 1.54) is 0 Å². The van der Waals surface area contributed by atoms with Gasteiger partial charge in [0.1, 0.15) is 0 Å². The lowest BCUT2D eigenvalue weighted by Gasteiger charge is -2.00. The van der Waals surface area contributed by atoms with Crippen LogP contribution in [0, 0.1) is 0 Å². The molecule has 0 rings (SSSR count). The topological polar surface area (TPSA) is 38.3 Å². The summed E-state index contributed by atoms with van der Waals surface area (Å²) in [5.41, 5.74) is 3.01. The maximum Gasteiger partial charge on any atom is 0.352 e. The molecule has 1 N–H and O–H groups in total. The first kappa shape index (κ1) is 11.2. The maximum atomic E-state index is 11.0. The monoisotopic (exact) mass is 171 g/mol. The van der Waals surface area contributed by atoms with Crippen LogP contribution in [0.5, 0.6) is 0 Å². The maximum absolute atomic E-state index is 11.0. The van der Waals surface area contributed by atoms with Crippen LogP contribution in [-0.4, -0.2) is 13.0 Å². The van der Waals surface area contributed by atoms with E-state index in [4.69, 9.17) is 0 Å². The highest BCUT2D eigenvalue weighted by Crippen LogP contribution is 2.01. The summed E-state index contributed by atoms with van der Waals surface area (Å²) in [5.74, 6) is -0.298. The molecule has 0 atom stereocenters. The van der Waals surface area contributed by atoms with Crippen LogP contribution in [0.25, 0.3) is 0 Å². The summed E-state index contributed by atoms with van der Waals surface area (Å²) in [7, 11) is 1.57. The molecule has 0 saturated heterocycles. The molecule has 0 aromatic heterocycles. The molecule has 0 bridgehead atoms. The third kappa shape index (κ3) is 4.91. The zero-order valence-electron chi connectivity index (χ0n) is 8.02. The van der Waals surface area contributed by atoms with Gasteiger partial charge in [-0.2, -0.15) is 5.48 Å². The average molecular weight is 171 g/mol. The highest BCUT2D eigenvalue weighted by molar-refractivity contribution is 5.87. The average Bonchev–Trinajstić information content (AvgIpc) is 2.05. The molecule has 3 heteroatoms. The normalized spacial score (nSPS) is 11.4. The van der Waals surface area contributed by atoms with Crippen molar-refractivity contribution in [2.24, 2.45) is 0 Å². The number of hydrogen-bond donors (Lipinski definition) is 1. The number of carbonyl (C=O) groups excluding carboxylic acids is 1. The van der Waals surface area contributed by atoms with Gasteiger partial charge in [0.15, 0.2) is 0 Å². The van der Waals surface area contributed by atoms with E-state index in [1.54, 1.807) is 14.0 Å². The van der Waals surface area contributed by atoms with E-state index in [9.17, 15) is 4.79 Å². The van der Waals surface area contributed by atoms with E-state index in [2.05, 4.69) is 17.2 Å². The number of carbonyl (C=O) groups is 1. The zero-order valence-corrected chi connectivity index (χ0v) is 8.02. The number of rotatable bonds is 5. The van der Waals surface area contributed by atoms with Crippen LogP contribution in [0.1, 0.15) is 33.1 Å². The van der Waals surface area contributed by atoms with Gasteiger partial charge in [-0.1, -0.05) is 25.8 Å². The number of unbranched alkanes of at least 4 members (excludes halogenated alkanes) is 2. The van der Waals surface area contributed by atoms with Crippen LogP contribution in [0.2, 0.25) is 0 Å². The van der Waals surface area contributed by atoms with Gasteiger partial charge in [0, 0.05) is 12.6 Å². The van der Waals surface area contributed by atoms with Gasteiger partial charge in [0.2, 0.25) is 0 Å². The Hall–Kier alpha value is -0.830. The molecule has 0 aromatic rings. The Labute approximate surface area is 73.7 Å². The van der Waals surface area contributed by atoms with Crippen molar-refractivity contribution in [3.63, 3.8) is 0 Å². The van der Waals surface area contributed by atoms with Crippen LogP contribution in [0.4, 0.5) is 0 Å². The van der Waals surface area contributed by atoms with Gasteiger partial charge in [0.25, 0.3) is 0 Å². The first-order valence-electron chi connectivity index (χ1n) is 4.27. The van der Waals surface area contributed by atoms with Crippen molar-refractivity contribution in [3.8, 4) is 0 Å². The van der Waals surface area contributed by atoms with Crippen molar-refractivity contribution < 1.29 is 9.63 Å². The van der Waals surface area contributed by atoms with Crippen LogP contribution in [-0.2, 0) is 9.63 Å². The highest BCUT2D eigenvalue weighted by Gasteiger charge is 2.02. The standard InChI is InChI=1S/C9H17NO2/c1-4-5-6-7-8(2)9(11)12-10-3/h7,10H,4-6H2,1-3H3. The summed E-state index contributed by atoms with van der Waals surface area (Å²) >= 11 is 0. The Balaban J connectivity index is 3.74. The zero-order chi connectivity index (χ0) is 9.40. The minimum absolute atomic E-state index is 0.298. The second kappa shape index (κ2) is 6.85. The minimum Gasteiger partial charge on any atom is -0.367 e. The molecule has 12 heavy (non-hydrogen) atoms. The van der Waals surface area contributed by atoms with E-state index >= 15 is 0 Å². The smallest absolute Gasteiger partial charge is 0.352 e. The Kier molecular flexibility index (Phi) is 6.38. The van der Waals surface area contributed by atoms with Crippen LogP contribution in [0.3, 0.4) is 0 Å². The van der Waals surface area contributed by atoms with Gasteiger partial charge in [-0.05, 0) is 13.3 Å². The molecule has 0 aromatic carbocycles. The number of nitrogens with one attached hydrogen (secondary N) is 1. The molecule has 0 unspecified atom stereocenters. The molecule has 0 saturated carbocycles. The molecule has 0 aliphatic rings. The third-order valence-electron chi connectivity index (χ3n) is 1.52. The lowest BCUT2D eigenvalue weighted by atomic mass is 10.2. The molecule has 0 radical (unpaired) electrons.